The number of halogens is 2. The van der Waals surface area contributed by atoms with Gasteiger partial charge in [-0.05, 0) is 37.1 Å². The minimum atomic E-state index is -0.715. The lowest BCUT2D eigenvalue weighted by atomic mass is 10.3. The van der Waals surface area contributed by atoms with Crippen molar-refractivity contribution in [3.63, 3.8) is 0 Å². The lowest BCUT2D eigenvalue weighted by molar-refractivity contribution is 0.0787. The van der Waals surface area contributed by atoms with Crippen LogP contribution in [0.3, 0.4) is 0 Å². The van der Waals surface area contributed by atoms with Crippen molar-refractivity contribution in [3.8, 4) is 5.69 Å². The van der Waals surface area contributed by atoms with E-state index in [1.807, 2.05) is 0 Å². The molecule has 8 nitrogen and oxygen atoms in total. The molecule has 0 saturated carbocycles. The van der Waals surface area contributed by atoms with Gasteiger partial charge in [0.15, 0.2) is 5.69 Å². The summed E-state index contributed by atoms with van der Waals surface area (Å²) in [6, 6.07) is 8.40. The van der Waals surface area contributed by atoms with Gasteiger partial charge in [-0.2, -0.15) is 5.10 Å². The van der Waals surface area contributed by atoms with Crippen LogP contribution in [0.1, 0.15) is 33.8 Å². The molecular formula is C20H18Cl2N6O2. The number of anilines is 2. The first-order chi connectivity index (χ1) is 14.4. The van der Waals surface area contributed by atoms with Gasteiger partial charge < -0.3 is 16.0 Å². The molecule has 10 heteroatoms. The van der Waals surface area contributed by atoms with Gasteiger partial charge in [-0.15, -0.1) is 0 Å². The molecule has 2 amide bonds. The second-order valence-corrected chi connectivity index (χ2v) is 7.64. The summed E-state index contributed by atoms with van der Waals surface area (Å²) in [5.41, 5.74) is 7.23. The zero-order valence-electron chi connectivity index (χ0n) is 15.8. The highest BCUT2D eigenvalue weighted by Crippen LogP contribution is 2.30. The van der Waals surface area contributed by atoms with E-state index < -0.39 is 5.91 Å². The van der Waals surface area contributed by atoms with Crippen LogP contribution in [0.5, 0.6) is 0 Å². The van der Waals surface area contributed by atoms with Crippen molar-refractivity contribution in [3.05, 3.63) is 64.2 Å². The second-order valence-electron chi connectivity index (χ2n) is 6.83. The Morgan fingerprint density at radius 2 is 1.77 bits per heavy atom. The van der Waals surface area contributed by atoms with E-state index in [1.54, 1.807) is 41.4 Å². The molecule has 2 aromatic heterocycles. The maximum Gasteiger partial charge on any atom is 0.272 e. The average Bonchev–Trinajstić information content (AvgIpc) is 3.38. The number of carbonyl (C=O) groups excluding carboxylic acids is 2. The largest absolute Gasteiger partial charge is 0.364 e. The molecule has 0 unspecified atom stereocenters. The number of amides is 2. The number of nitrogens with one attached hydrogen (secondary N) is 1. The van der Waals surface area contributed by atoms with E-state index in [-0.39, 0.29) is 11.6 Å². The number of hydrogen-bond acceptors (Lipinski definition) is 5. The summed E-state index contributed by atoms with van der Waals surface area (Å²) in [7, 11) is 0. The van der Waals surface area contributed by atoms with Crippen molar-refractivity contribution in [2.75, 3.05) is 18.4 Å². The Hall–Kier alpha value is -3.10. The Kier molecular flexibility index (Phi) is 5.61. The predicted octanol–water partition coefficient (Wildman–Crippen LogP) is 3.65. The van der Waals surface area contributed by atoms with Gasteiger partial charge in [-0.3, -0.25) is 9.59 Å². The fourth-order valence-corrected chi connectivity index (χ4v) is 3.87. The molecule has 0 radical (unpaired) electrons. The van der Waals surface area contributed by atoms with Crippen LogP contribution in [0.15, 0.2) is 42.7 Å². The van der Waals surface area contributed by atoms with Crippen LogP contribution >= 0.6 is 23.2 Å². The zero-order valence-corrected chi connectivity index (χ0v) is 17.3. The molecular weight excluding hydrogens is 427 g/mol. The fraction of sp³-hybridized carbons (Fsp3) is 0.200. The van der Waals surface area contributed by atoms with E-state index in [9.17, 15) is 9.59 Å². The summed E-state index contributed by atoms with van der Waals surface area (Å²) in [5.74, 6) is -0.800. The minimum Gasteiger partial charge on any atom is -0.364 e. The van der Waals surface area contributed by atoms with Gasteiger partial charge in [-0.25, -0.2) is 9.67 Å². The van der Waals surface area contributed by atoms with Crippen LogP contribution < -0.4 is 11.1 Å². The van der Waals surface area contributed by atoms with Gasteiger partial charge in [0.2, 0.25) is 0 Å². The van der Waals surface area contributed by atoms with Crippen LogP contribution in [0.4, 0.5) is 11.4 Å². The lowest BCUT2D eigenvalue weighted by Crippen LogP contribution is -2.28. The number of benzene rings is 1. The quantitative estimate of drug-likeness (QED) is 0.624. The predicted molar refractivity (Wildman–Crippen MR) is 115 cm³/mol. The molecule has 0 bridgehead atoms. The number of hydrogen-bond donors (Lipinski definition) is 2. The SMILES string of the molecule is NC(=O)c1nn(-c2c(Cl)cccc2Cl)cc1Nc1ccc(C(=O)N2CCCC2)nc1. The second kappa shape index (κ2) is 8.33. The number of primary amides is 1. The number of carbonyl (C=O) groups is 2. The topological polar surface area (TPSA) is 106 Å². The third kappa shape index (κ3) is 3.96. The van der Waals surface area contributed by atoms with E-state index in [4.69, 9.17) is 28.9 Å². The molecule has 0 spiro atoms. The molecule has 0 aliphatic carbocycles. The van der Waals surface area contributed by atoms with E-state index in [0.29, 0.717) is 32.8 Å². The van der Waals surface area contributed by atoms with Gasteiger partial charge in [0.25, 0.3) is 11.8 Å². The molecule has 3 heterocycles. The van der Waals surface area contributed by atoms with E-state index >= 15 is 0 Å². The Morgan fingerprint density at radius 1 is 1.07 bits per heavy atom. The smallest absolute Gasteiger partial charge is 0.272 e. The van der Waals surface area contributed by atoms with E-state index in [2.05, 4.69) is 15.4 Å². The van der Waals surface area contributed by atoms with Crippen molar-refractivity contribution in [1.29, 1.82) is 0 Å². The van der Waals surface area contributed by atoms with Crippen LogP contribution in [0, 0.1) is 0 Å². The maximum atomic E-state index is 12.4. The summed E-state index contributed by atoms with van der Waals surface area (Å²) in [6.07, 6.45) is 5.12. The highest BCUT2D eigenvalue weighted by Gasteiger charge is 2.21. The third-order valence-electron chi connectivity index (χ3n) is 4.77. The van der Waals surface area contributed by atoms with Crippen molar-refractivity contribution in [1.82, 2.24) is 19.7 Å². The number of nitrogens with two attached hydrogens (primary N) is 1. The molecule has 30 heavy (non-hydrogen) atoms. The summed E-state index contributed by atoms with van der Waals surface area (Å²) in [5, 5.41) is 8.03. The molecule has 1 aliphatic heterocycles. The number of pyridine rings is 1. The number of rotatable bonds is 5. The van der Waals surface area contributed by atoms with Crippen LogP contribution in [0.2, 0.25) is 10.0 Å². The van der Waals surface area contributed by atoms with Crippen molar-refractivity contribution in [2.45, 2.75) is 12.8 Å². The molecule has 1 aromatic carbocycles. The molecule has 1 fully saturated rings. The van der Waals surface area contributed by atoms with Gasteiger partial charge >= 0.3 is 0 Å². The van der Waals surface area contributed by atoms with Gasteiger partial charge in [0.1, 0.15) is 11.4 Å². The standard InChI is InChI=1S/C20H18Cl2N6O2/c21-13-4-3-5-14(22)18(13)28-11-16(17(26-28)19(23)29)25-12-6-7-15(24-10-12)20(30)27-8-1-2-9-27/h3-7,10-11,25H,1-2,8-9H2,(H2,23,29). The first-order valence-corrected chi connectivity index (χ1v) is 10.1. The molecule has 1 aliphatic rings. The van der Waals surface area contributed by atoms with E-state index in [1.165, 1.54) is 10.9 Å². The van der Waals surface area contributed by atoms with Gasteiger partial charge in [0.05, 0.1) is 33.8 Å². The van der Waals surface area contributed by atoms with E-state index in [0.717, 1.165) is 25.9 Å². The summed E-state index contributed by atoms with van der Waals surface area (Å²) < 4.78 is 1.39. The molecule has 4 rings (SSSR count). The van der Waals surface area contributed by atoms with Gasteiger partial charge in [-0.1, -0.05) is 29.3 Å². The van der Waals surface area contributed by atoms with Crippen LogP contribution in [0.25, 0.3) is 5.69 Å². The monoisotopic (exact) mass is 444 g/mol. The van der Waals surface area contributed by atoms with Crippen molar-refractivity contribution in [2.24, 2.45) is 5.73 Å². The van der Waals surface area contributed by atoms with Crippen molar-refractivity contribution < 1.29 is 9.59 Å². The Labute approximate surface area is 182 Å². The molecule has 0 atom stereocenters. The number of para-hydroxylation sites is 1. The van der Waals surface area contributed by atoms with Gasteiger partial charge in [0, 0.05) is 13.1 Å². The molecule has 154 valence electrons. The van der Waals surface area contributed by atoms with Crippen molar-refractivity contribution >= 4 is 46.4 Å². The lowest BCUT2D eigenvalue weighted by Gasteiger charge is -2.14. The highest BCUT2D eigenvalue weighted by molar-refractivity contribution is 6.37. The van der Waals surface area contributed by atoms with Crippen LogP contribution in [-0.2, 0) is 0 Å². The Balaban J connectivity index is 1.60. The van der Waals surface area contributed by atoms with Crippen LogP contribution in [-0.4, -0.2) is 44.6 Å². The fourth-order valence-electron chi connectivity index (χ4n) is 3.30. The molecule has 1 saturated heterocycles. The first-order valence-electron chi connectivity index (χ1n) is 9.30. The summed E-state index contributed by atoms with van der Waals surface area (Å²) in [6.45, 7) is 1.51. The average molecular weight is 445 g/mol. The minimum absolute atomic E-state index is 0.0169. The first kappa shape index (κ1) is 20.2. The number of likely N-dealkylation sites (tertiary alicyclic amines) is 1. The molecule has 3 N–H and O–H groups in total. The number of aromatic nitrogens is 3. The summed E-state index contributed by atoms with van der Waals surface area (Å²) >= 11 is 12.5. The molecule has 3 aromatic rings. The Morgan fingerprint density at radius 3 is 2.37 bits per heavy atom. The number of nitrogens with zero attached hydrogens (tertiary/aromatic N) is 4. The zero-order chi connectivity index (χ0) is 21.3. The normalized spacial score (nSPS) is 13.5. The maximum absolute atomic E-state index is 12.4. The third-order valence-corrected chi connectivity index (χ3v) is 5.38. The highest BCUT2D eigenvalue weighted by atomic mass is 35.5. The Bertz CT molecular complexity index is 1090. The summed E-state index contributed by atoms with van der Waals surface area (Å²) in [4.78, 5) is 30.4.